The summed E-state index contributed by atoms with van der Waals surface area (Å²) in [6, 6.07) is 10.1. The Balaban J connectivity index is 1.68. The summed E-state index contributed by atoms with van der Waals surface area (Å²) < 4.78 is 0. The lowest BCUT2D eigenvalue weighted by Crippen LogP contribution is -2.29. The van der Waals surface area contributed by atoms with E-state index in [2.05, 4.69) is 20.9 Å². The molecule has 0 saturated heterocycles. The van der Waals surface area contributed by atoms with E-state index in [-0.39, 0.29) is 16.6 Å². The predicted octanol–water partition coefficient (Wildman–Crippen LogP) is 1.92. The monoisotopic (exact) mass is 412 g/mol. The quantitative estimate of drug-likeness (QED) is 0.133. The van der Waals surface area contributed by atoms with E-state index in [1.165, 1.54) is 6.07 Å². The molecule has 1 heterocycles. The summed E-state index contributed by atoms with van der Waals surface area (Å²) in [5, 5.41) is 22.2. The van der Waals surface area contributed by atoms with Crippen molar-refractivity contribution in [2.75, 3.05) is 44.6 Å². The molecule has 0 amide bonds. The van der Waals surface area contributed by atoms with Gasteiger partial charge in [-0.3, -0.25) is 14.9 Å². The van der Waals surface area contributed by atoms with Crippen LogP contribution in [0.3, 0.4) is 0 Å². The van der Waals surface area contributed by atoms with Gasteiger partial charge in [0.15, 0.2) is 5.43 Å². The summed E-state index contributed by atoms with van der Waals surface area (Å²) in [6.45, 7) is 4.86. The third kappa shape index (κ3) is 5.12. The number of nitrogens with zero attached hydrogens (tertiary/aromatic N) is 1. The first-order chi connectivity index (χ1) is 14.6. The van der Waals surface area contributed by atoms with Crippen LogP contribution >= 0.6 is 0 Å². The topological polar surface area (TPSA) is 138 Å². The van der Waals surface area contributed by atoms with Crippen LogP contribution in [0.15, 0.2) is 41.2 Å². The maximum absolute atomic E-state index is 13.1. The van der Waals surface area contributed by atoms with Gasteiger partial charge in [0.1, 0.15) is 5.52 Å². The molecule has 0 spiro atoms. The van der Waals surface area contributed by atoms with Gasteiger partial charge in [0.05, 0.1) is 10.3 Å². The number of nitrogens with two attached hydrogens (primary N) is 1. The number of nitro benzene ring substituents is 1. The molecule has 0 aliphatic rings. The number of anilines is 1. The number of H-pyrrole nitrogens is 1. The van der Waals surface area contributed by atoms with E-state index in [1.807, 2.05) is 0 Å². The number of fused-ring (bicyclic) bond motifs is 2. The highest BCUT2D eigenvalue weighted by atomic mass is 16.6. The molecule has 0 saturated carbocycles. The molecule has 2 aromatic carbocycles. The number of para-hydroxylation sites is 1. The minimum atomic E-state index is -0.470. The number of benzene rings is 2. The van der Waals surface area contributed by atoms with E-state index in [0.717, 1.165) is 39.0 Å². The molecule has 160 valence electrons. The number of rotatable bonds is 12. The molecule has 1 aromatic heterocycles. The fourth-order valence-corrected chi connectivity index (χ4v) is 3.40. The number of nitrogens with one attached hydrogen (secondary N) is 4. The fraction of sp³-hybridized carbons (Fsp3) is 0.381. The Morgan fingerprint density at radius 2 is 1.70 bits per heavy atom. The second-order valence-electron chi connectivity index (χ2n) is 7.06. The van der Waals surface area contributed by atoms with E-state index in [0.29, 0.717) is 35.1 Å². The van der Waals surface area contributed by atoms with Crippen LogP contribution in [-0.2, 0) is 0 Å². The zero-order chi connectivity index (χ0) is 21.3. The average molecular weight is 412 g/mol. The maximum atomic E-state index is 13.1. The Labute approximate surface area is 174 Å². The molecule has 0 radical (unpaired) electrons. The van der Waals surface area contributed by atoms with E-state index >= 15 is 0 Å². The maximum Gasteiger partial charge on any atom is 0.293 e. The van der Waals surface area contributed by atoms with Crippen LogP contribution in [-0.4, -0.2) is 49.2 Å². The molecule has 0 bridgehead atoms. The predicted molar refractivity (Wildman–Crippen MR) is 121 cm³/mol. The highest BCUT2D eigenvalue weighted by Gasteiger charge is 2.19. The third-order valence-corrected chi connectivity index (χ3v) is 4.92. The third-order valence-electron chi connectivity index (χ3n) is 4.92. The number of hydrogen-bond donors (Lipinski definition) is 5. The van der Waals surface area contributed by atoms with Crippen LogP contribution in [0.4, 0.5) is 11.4 Å². The first kappa shape index (κ1) is 21.7. The van der Waals surface area contributed by atoms with Gasteiger partial charge in [0.25, 0.3) is 5.69 Å². The normalized spacial score (nSPS) is 11.2. The molecule has 0 aliphatic heterocycles. The van der Waals surface area contributed by atoms with Gasteiger partial charge >= 0.3 is 0 Å². The Hall–Kier alpha value is -3.01. The Morgan fingerprint density at radius 1 is 0.967 bits per heavy atom. The van der Waals surface area contributed by atoms with Crippen LogP contribution in [0, 0.1) is 10.1 Å². The van der Waals surface area contributed by atoms with Crippen LogP contribution < -0.4 is 27.1 Å². The molecule has 9 nitrogen and oxygen atoms in total. The zero-order valence-corrected chi connectivity index (χ0v) is 16.9. The smallest absolute Gasteiger partial charge is 0.293 e. The van der Waals surface area contributed by atoms with Crippen molar-refractivity contribution in [1.82, 2.24) is 15.6 Å². The van der Waals surface area contributed by atoms with E-state index in [1.54, 1.807) is 30.3 Å². The van der Waals surface area contributed by atoms with Gasteiger partial charge in [-0.15, -0.1) is 0 Å². The molecule has 30 heavy (non-hydrogen) atoms. The molecule has 3 rings (SSSR count). The first-order valence-corrected chi connectivity index (χ1v) is 10.2. The summed E-state index contributed by atoms with van der Waals surface area (Å²) in [5.74, 6) is 0. The van der Waals surface area contributed by atoms with Crippen LogP contribution in [0.5, 0.6) is 0 Å². The minimum absolute atomic E-state index is 0.109. The van der Waals surface area contributed by atoms with Crippen molar-refractivity contribution in [3.05, 3.63) is 56.7 Å². The fourth-order valence-electron chi connectivity index (χ4n) is 3.40. The van der Waals surface area contributed by atoms with E-state index in [9.17, 15) is 14.9 Å². The van der Waals surface area contributed by atoms with Gasteiger partial charge < -0.3 is 26.7 Å². The number of hydrogen-bond acceptors (Lipinski definition) is 7. The van der Waals surface area contributed by atoms with Crippen LogP contribution in [0.2, 0.25) is 0 Å². The Morgan fingerprint density at radius 3 is 2.43 bits per heavy atom. The highest BCUT2D eigenvalue weighted by Crippen LogP contribution is 2.29. The lowest BCUT2D eigenvalue weighted by molar-refractivity contribution is -0.383. The Bertz CT molecular complexity index is 1070. The van der Waals surface area contributed by atoms with Crippen LogP contribution in [0.25, 0.3) is 21.8 Å². The van der Waals surface area contributed by atoms with Crippen molar-refractivity contribution in [3.8, 4) is 0 Å². The largest absolute Gasteiger partial charge is 0.384 e. The number of non-ortho nitro benzene ring substituents is 1. The van der Waals surface area contributed by atoms with Crippen molar-refractivity contribution in [2.24, 2.45) is 5.73 Å². The van der Waals surface area contributed by atoms with Gasteiger partial charge in [-0.25, -0.2) is 0 Å². The standard InChI is InChI=1S/C21H28N6O3/c22-9-3-10-23-13-14-24-11-4-12-25-17-7-8-18(27(29)30)20-19(17)21(28)15-5-1-2-6-16(15)26-20/h1-2,5-8,23-25H,3-4,9-14,22H2,(H,26,28). The number of nitro groups is 1. The van der Waals surface area contributed by atoms with E-state index < -0.39 is 4.92 Å². The summed E-state index contributed by atoms with van der Waals surface area (Å²) in [7, 11) is 0. The lowest BCUT2D eigenvalue weighted by atomic mass is 10.1. The van der Waals surface area contributed by atoms with Crippen molar-refractivity contribution in [3.63, 3.8) is 0 Å². The van der Waals surface area contributed by atoms with Crippen molar-refractivity contribution >= 4 is 33.2 Å². The SMILES string of the molecule is NCCCNCCNCCCNc1ccc([N+](=O)[O-])c2[nH]c3ccccc3c(=O)c12. The highest BCUT2D eigenvalue weighted by molar-refractivity contribution is 6.03. The molecule has 0 atom stereocenters. The number of aromatic nitrogens is 1. The number of pyridine rings is 1. The van der Waals surface area contributed by atoms with Gasteiger partial charge in [-0.05, 0) is 50.7 Å². The lowest BCUT2D eigenvalue weighted by Gasteiger charge is -2.11. The van der Waals surface area contributed by atoms with E-state index in [4.69, 9.17) is 5.73 Å². The van der Waals surface area contributed by atoms with Gasteiger partial charge in [0.2, 0.25) is 0 Å². The van der Waals surface area contributed by atoms with Crippen molar-refractivity contribution < 1.29 is 4.92 Å². The minimum Gasteiger partial charge on any atom is -0.384 e. The first-order valence-electron chi connectivity index (χ1n) is 10.2. The van der Waals surface area contributed by atoms with Gasteiger partial charge in [-0.1, -0.05) is 12.1 Å². The summed E-state index contributed by atoms with van der Waals surface area (Å²) in [6.07, 6.45) is 1.83. The summed E-state index contributed by atoms with van der Waals surface area (Å²) in [4.78, 5) is 27.1. The Kier molecular flexibility index (Phi) is 7.72. The van der Waals surface area contributed by atoms with Crippen molar-refractivity contribution in [2.45, 2.75) is 12.8 Å². The number of aromatic amines is 1. The van der Waals surface area contributed by atoms with Crippen molar-refractivity contribution in [1.29, 1.82) is 0 Å². The molecular weight excluding hydrogens is 384 g/mol. The van der Waals surface area contributed by atoms with Gasteiger partial charge in [0, 0.05) is 42.3 Å². The summed E-state index contributed by atoms with van der Waals surface area (Å²) >= 11 is 0. The molecule has 6 N–H and O–H groups in total. The molecule has 0 aliphatic carbocycles. The molecule has 3 aromatic rings. The molecule has 9 heteroatoms. The molecule has 0 unspecified atom stereocenters. The van der Waals surface area contributed by atoms with Crippen LogP contribution in [0.1, 0.15) is 12.8 Å². The molecular formula is C21H28N6O3. The second kappa shape index (κ2) is 10.7. The van der Waals surface area contributed by atoms with Gasteiger partial charge in [-0.2, -0.15) is 0 Å². The average Bonchev–Trinajstić information content (AvgIpc) is 2.75. The zero-order valence-electron chi connectivity index (χ0n) is 16.9. The summed E-state index contributed by atoms with van der Waals surface area (Å²) in [5.41, 5.74) is 6.56. The second-order valence-corrected chi connectivity index (χ2v) is 7.06. The molecule has 0 fully saturated rings.